The van der Waals surface area contributed by atoms with Crippen LogP contribution in [0.1, 0.15) is 76.2 Å². The van der Waals surface area contributed by atoms with E-state index in [0.717, 1.165) is 41.3 Å². The molecular weight excluding hydrogens is 2070 g/mol. The van der Waals surface area contributed by atoms with Gasteiger partial charge >= 0.3 is 6.18 Å². The average molecular weight is 2140 g/mol. The van der Waals surface area contributed by atoms with Gasteiger partial charge in [0.15, 0.2) is 51.4 Å². The quantitative estimate of drug-likeness (QED) is 0.0289. The van der Waals surface area contributed by atoms with E-state index in [2.05, 4.69) is 107 Å². The van der Waals surface area contributed by atoms with Crippen molar-refractivity contribution >= 4 is 109 Å². The third-order valence-corrected chi connectivity index (χ3v) is 23.1. The Kier molecular flexibility index (Phi) is 32.3. The predicted molar refractivity (Wildman–Crippen MR) is 521 cm³/mol. The van der Waals surface area contributed by atoms with Crippen LogP contribution in [0.3, 0.4) is 0 Å². The van der Waals surface area contributed by atoms with E-state index in [0.29, 0.717) is 143 Å². The molecular formula is C94H78Cl7F6N25O14. The normalized spacial score (nSPS) is 12.1. The zero-order valence-electron chi connectivity index (χ0n) is 77.7. The molecule has 15 heterocycles. The Morgan fingerprint density at radius 1 is 0.349 bits per heavy atom. The number of aryl methyl sites for hydroxylation is 4. The number of methoxy groups -OCH3 is 1. The third kappa shape index (κ3) is 24.6. The van der Waals surface area contributed by atoms with Gasteiger partial charge in [-0.15, -0.1) is 0 Å². The maximum absolute atomic E-state index is 14.5. The van der Waals surface area contributed by atoms with Gasteiger partial charge in [0.2, 0.25) is 35.0 Å². The van der Waals surface area contributed by atoms with Crippen molar-refractivity contribution in [1.29, 1.82) is 0 Å². The Hall–Kier alpha value is -15.1. The van der Waals surface area contributed by atoms with Crippen LogP contribution < -0.4 is 28.4 Å². The van der Waals surface area contributed by atoms with Gasteiger partial charge in [-0.05, 0) is 83.7 Å². The lowest BCUT2D eigenvalue weighted by Crippen LogP contribution is -2.17. The van der Waals surface area contributed by atoms with E-state index >= 15 is 0 Å². The number of ether oxygens (including phenoxy) is 6. The number of imidazole rings is 5. The second-order valence-electron chi connectivity index (χ2n) is 31.8. The number of alkyl halides is 3. The van der Waals surface area contributed by atoms with Crippen molar-refractivity contribution in [3.8, 4) is 149 Å². The Morgan fingerprint density at radius 2 is 0.630 bits per heavy atom. The lowest BCUT2D eigenvalue weighted by atomic mass is 10.2. The van der Waals surface area contributed by atoms with Gasteiger partial charge in [0.05, 0.1) is 138 Å². The molecule has 0 amide bonds. The molecule has 20 aromatic rings. The van der Waals surface area contributed by atoms with Gasteiger partial charge in [-0.1, -0.05) is 141 Å². The molecule has 146 heavy (non-hydrogen) atoms. The molecule has 0 aliphatic heterocycles. The van der Waals surface area contributed by atoms with Crippen molar-refractivity contribution in [2.45, 2.75) is 106 Å². The summed E-state index contributed by atoms with van der Waals surface area (Å²) in [5, 5.41) is 50.1. The Balaban J connectivity index is 0.000000131. The van der Waals surface area contributed by atoms with E-state index in [1.807, 2.05) is 58.3 Å². The first-order chi connectivity index (χ1) is 70.0. The summed E-state index contributed by atoms with van der Waals surface area (Å²) < 4.78 is 148. The van der Waals surface area contributed by atoms with Gasteiger partial charge in [0.25, 0.3) is 29.5 Å². The van der Waals surface area contributed by atoms with Crippen LogP contribution in [-0.2, 0) is 0 Å². The van der Waals surface area contributed by atoms with Gasteiger partial charge in [0.1, 0.15) is 78.0 Å². The van der Waals surface area contributed by atoms with E-state index in [1.165, 1.54) is 31.4 Å². The van der Waals surface area contributed by atoms with E-state index in [4.69, 9.17) is 132 Å². The fourth-order valence-electron chi connectivity index (χ4n) is 13.1. The number of fused-ring (bicyclic) bond motifs is 5. The van der Waals surface area contributed by atoms with Crippen LogP contribution in [0.4, 0.5) is 26.3 Å². The molecule has 0 saturated carbocycles. The zero-order valence-corrected chi connectivity index (χ0v) is 83.0. The van der Waals surface area contributed by atoms with Crippen LogP contribution in [0.2, 0.25) is 35.2 Å². The van der Waals surface area contributed by atoms with Crippen molar-refractivity contribution in [2.24, 2.45) is 0 Å². The largest absolute Gasteiger partial charge is 0.492 e. The molecule has 52 heteroatoms. The number of hydrogen-bond acceptors (Lipinski definition) is 34. The smallest absolute Gasteiger partial charge is 0.415 e. The highest BCUT2D eigenvalue weighted by atomic mass is 35.5. The lowest BCUT2D eigenvalue weighted by molar-refractivity contribution is -0.0962. The Bertz CT molecular complexity index is 7950. The molecule has 39 nitrogen and oxygen atoms in total. The average Bonchev–Trinajstić information content (AvgIpc) is 1.64. The summed E-state index contributed by atoms with van der Waals surface area (Å²) in [7, 11) is 1.54. The van der Waals surface area contributed by atoms with Gasteiger partial charge in [-0.3, -0.25) is 24.3 Å². The maximum Gasteiger partial charge on any atom is 0.415 e. The summed E-state index contributed by atoms with van der Waals surface area (Å²) in [5.41, 5.74) is 9.09. The predicted octanol–water partition coefficient (Wildman–Crippen LogP) is 21.2. The standard InChI is InChI=1S/C19H12Cl2F3N5O2.C19H17Cl2N5O4.C19H17ClFN5O3.C19H17F2N5O3.C18H15Cl2N5O2/c1-9(19(22,23)24)8-30-15-4-12(20)11(3-13(15)21)17-27-18(31-28-17)14-7-29-6-10(2)25-5-16(29)26-14;1-3-10(27)9-29-15-5-12(20)11(4-13(15)21)18-24-19(30-25-18)14-7-26-8-17(28-2)22-6-16(26)23-14;2*1-3-11(27)9-28-16-5-13(20)12(4-14(16)21)18-24-19(29-25-18)15-8-26-7-10(2)22-6-17(26)23-15;1-3-4-26-15-6-12(19)11(5-13(15)20)17-23-18(27-24-17)14-9-25-8-10(2)21-7-16(25)22-14/h3-7H,1,8H2,2H3;4-8,10,27H,3,9H2,1-2H3;2*4-8,11,27H,3,9H2,1-2H3;5-9H,3-4H2,1-2H3. The molecule has 0 saturated heterocycles. The number of benzene rings is 5. The van der Waals surface area contributed by atoms with Crippen molar-refractivity contribution in [3.63, 3.8) is 0 Å². The SMILES string of the molecule is C=C(COc1cc(Cl)c(-c2noc(-c3cn4cc(C)ncc4n3)n2)cc1Cl)C(F)(F)F.CCC(O)COc1cc(Cl)c(-c2noc(-c3cn4cc(C)ncc4n3)n2)cc1F.CCC(O)COc1cc(Cl)c(-c2noc(-c3cn4cc(OC)ncc4n3)n2)cc1Cl.CCC(O)COc1cc(F)c(-c2noc(-c3cn4cc(C)ncc4n3)n2)cc1F.CCCOc1cc(Cl)c(-c2noc(-c3cn4cc(C)ncc4n3)n2)cc1Cl. The fourth-order valence-corrected chi connectivity index (χ4v) is 14.7. The molecule has 3 atom stereocenters. The molecule has 15 aromatic heterocycles. The molecule has 0 aliphatic rings. The molecule has 0 spiro atoms. The number of halogens is 13. The van der Waals surface area contributed by atoms with Gasteiger partial charge < -0.3 is 84.0 Å². The topological polar surface area (TPSA) is 462 Å². The van der Waals surface area contributed by atoms with E-state index in [1.54, 1.807) is 136 Å². The molecule has 5 aromatic carbocycles. The highest BCUT2D eigenvalue weighted by Crippen LogP contribution is 2.43. The first kappa shape index (κ1) is 104. The summed E-state index contributed by atoms with van der Waals surface area (Å²) in [6.07, 6.45) is 21.5. The Morgan fingerprint density at radius 3 is 0.952 bits per heavy atom. The minimum absolute atomic E-state index is 0.0232. The minimum Gasteiger partial charge on any atom is -0.492 e. The van der Waals surface area contributed by atoms with E-state index in [9.17, 15) is 41.7 Å². The molecule has 3 unspecified atom stereocenters. The van der Waals surface area contributed by atoms with Crippen LogP contribution in [0.25, 0.3) is 143 Å². The molecule has 3 N–H and O–H groups in total. The molecule has 0 fully saturated rings. The highest BCUT2D eigenvalue weighted by molar-refractivity contribution is 6.38. The summed E-state index contributed by atoms with van der Waals surface area (Å²) in [6, 6.07) is 13.4. The second kappa shape index (κ2) is 45.5. The fraction of sp³-hybridized carbons (Fsp3) is 0.234. The first-order valence-corrected chi connectivity index (χ1v) is 46.4. The zero-order chi connectivity index (χ0) is 104. The maximum atomic E-state index is 14.5. The summed E-state index contributed by atoms with van der Waals surface area (Å²) in [5.74, 6) is 0.298. The van der Waals surface area contributed by atoms with Crippen molar-refractivity contribution < 1.29 is 92.7 Å². The minimum atomic E-state index is -4.57. The number of rotatable bonds is 29. The van der Waals surface area contributed by atoms with Gasteiger partial charge in [0, 0.05) is 108 Å². The number of aliphatic hydroxyl groups excluding tert-OH is 3. The highest BCUT2D eigenvalue weighted by Gasteiger charge is 2.33. The van der Waals surface area contributed by atoms with Crippen LogP contribution in [0, 0.1) is 45.1 Å². The molecule has 0 aliphatic carbocycles. The third-order valence-electron chi connectivity index (χ3n) is 20.9. The summed E-state index contributed by atoms with van der Waals surface area (Å²) in [6.45, 7) is 17.6. The monoisotopic (exact) mass is 2140 g/mol. The van der Waals surface area contributed by atoms with Crippen molar-refractivity contribution in [2.75, 3.05) is 40.1 Å². The van der Waals surface area contributed by atoms with Crippen LogP contribution in [-0.4, -0.2) is 202 Å². The van der Waals surface area contributed by atoms with E-state index < -0.39 is 54.1 Å². The van der Waals surface area contributed by atoms with Gasteiger partial charge in [-0.25, -0.2) is 43.1 Å². The van der Waals surface area contributed by atoms with Crippen LogP contribution >= 0.6 is 81.2 Å². The van der Waals surface area contributed by atoms with Crippen LogP contribution in [0.15, 0.2) is 188 Å². The molecule has 20 rings (SSSR count). The number of aromatic nitrogens is 25. The van der Waals surface area contributed by atoms with E-state index in [-0.39, 0.29) is 116 Å². The lowest BCUT2D eigenvalue weighted by Gasteiger charge is -2.13. The molecule has 0 radical (unpaired) electrons. The van der Waals surface area contributed by atoms with Gasteiger partial charge in [-0.2, -0.15) is 38.1 Å². The summed E-state index contributed by atoms with van der Waals surface area (Å²) in [4.78, 5) is 64.3. The number of nitrogens with zero attached hydrogens (tertiary/aromatic N) is 25. The second-order valence-corrected chi connectivity index (χ2v) is 34.6. The van der Waals surface area contributed by atoms with Crippen molar-refractivity contribution in [3.05, 3.63) is 241 Å². The molecule has 754 valence electrons. The van der Waals surface area contributed by atoms with Crippen LogP contribution in [0.5, 0.6) is 34.6 Å². The molecule has 0 bridgehead atoms. The number of aliphatic hydroxyl groups is 3. The Labute approximate surface area is 855 Å². The van der Waals surface area contributed by atoms with Crippen molar-refractivity contribution in [1.82, 2.24) is 123 Å². The number of hydrogen-bond donors (Lipinski definition) is 3. The summed E-state index contributed by atoms with van der Waals surface area (Å²) >= 11 is 44.0. The first-order valence-electron chi connectivity index (χ1n) is 43.8.